The highest BCUT2D eigenvalue weighted by Gasteiger charge is 2.32. The van der Waals surface area contributed by atoms with Gasteiger partial charge in [0.05, 0.1) is 18.2 Å². The first-order valence-electron chi connectivity index (χ1n) is 11.2. The van der Waals surface area contributed by atoms with Gasteiger partial charge in [0.25, 0.3) is 0 Å². The zero-order chi connectivity index (χ0) is 25.4. The minimum Gasteiger partial charge on any atom is -0.496 e. The molecular formula is C23H27F3N6O3. The number of benzene rings is 1. The van der Waals surface area contributed by atoms with E-state index in [9.17, 15) is 18.0 Å². The van der Waals surface area contributed by atoms with Gasteiger partial charge in [-0.05, 0) is 51.8 Å². The van der Waals surface area contributed by atoms with Crippen molar-refractivity contribution in [1.29, 1.82) is 0 Å². The maximum absolute atomic E-state index is 13.1. The molecule has 188 valence electrons. The number of anilines is 1. The van der Waals surface area contributed by atoms with Crippen LogP contribution in [-0.4, -0.2) is 62.4 Å². The van der Waals surface area contributed by atoms with Gasteiger partial charge < -0.3 is 19.7 Å². The third kappa shape index (κ3) is 5.41. The van der Waals surface area contributed by atoms with Crippen molar-refractivity contribution in [2.45, 2.75) is 51.4 Å². The molecule has 0 saturated carbocycles. The summed E-state index contributed by atoms with van der Waals surface area (Å²) in [5.74, 6) is 0.707. The van der Waals surface area contributed by atoms with Gasteiger partial charge in [0.1, 0.15) is 11.4 Å². The van der Waals surface area contributed by atoms with Gasteiger partial charge in [0.2, 0.25) is 0 Å². The van der Waals surface area contributed by atoms with E-state index < -0.39 is 17.3 Å². The van der Waals surface area contributed by atoms with Gasteiger partial charge in [-0.3, -0.25) is 4.40 Å². The second-order valence-corrected chi connectivity index (χ2v) is 9.32. The lowest BCUT2D eigenvalue weighted by molar-refractivity contribution is -0.137. The van der Waals surface area contributed by atoms with Gasteiger partial charge >= 0.3 is 12.3 Å². The van der Waals surface area contributed by atoms with E-state index in [1.54, 1.807) is 21.7 Å². The minimum atomic E-state index is -4.50. The normalized spacial score (nSPS) is 16.9. The summed E-state index contributed by atoms with van der Waals surface area (Å²) in [5.41, 5.74) is -0.610. The molecule has 1 N–H and O–H groups in total. The van der Waals surface area contributed by atoms with Crippen molar-refractivity contribution >= 4 is 17.6 Å². The van der Waals surface area contributed by atoms with E-state index in [1.165, 1.54) is 13.2 Å². The predicted octanol–water partition coefficient (Wildman–Crippen LogP) is 4.63. The highest BCUT2D eigenvalue weighted by Crippen LogP contribution is 2.36. The van der Waals surface area contributed by atoms with E-state index in [0.717, 1.165) is 25.0 Å². The molecule has 0 spiro atoms. The van der Waals surface area contributed by atoms with Crippen molar-refractivity contribution in [3.8, 4) is 17.1 Å². The van der Waals surface area contributed by atoms with Crippen LogP contribution in [0.4, 0.5) is 23.8 Å². The van der Waals surface area contributed by atoms with Crippen molar-refractivity contribution in [3.63, 3.8) is 0 Å². The Bertz CT molecular complexity index is 1220. The Morgan fingerprint density at radius 1 is 1.20 bits per heavy atom. The third-order valence-electron chi connectivity index (χ3n) is 5.51. The molecule has 1 fully saturated rings. The van der Waals surface area contributed by atoms with Crippen molar-refractivity contribution in [3.05, 3.63) is 36.2 Å². The Labute approximate surface area is 200 Å². The van der Waals surface area contributed by atoms with Gasteiger partial charge in [-0.15, -0.1) is 10.2 Å². The van der Waals surface area contributed by atoms with Crippen LogP contribution in [0, 0.1) is 0 Å². The lowest BCUT2D eigenvalue weighted by Crippen LogP contribution is -2.47. The smallest absolute Gasteiger partial charge is 0.416 e. The Hall–Kier alpha value is -3.57. The fourth-order valence-corrected chi connectivity index (χ4v) is 3.95. The average Bonchev–Trinajstić information content (AvgIpc) is 3.28. The molecule has 3 heterocycles. The first kappa shape index (κ1) is 24.6. The van der Waals surface area contributed by atoms with Crippen LogP contribution in [0.25, 0.3) is 17.0 Å². The second kappa shape index (κ2) is 9.23. The van der Waals surface area contributed by atoms with E-state index in [1.807, 2.05) is 20.8 Å². The molecule has 0 aliphatic carbocycles. The van der Waals surface area contributed by atoms with Crippen molar-refractivity contribution < 1.29 is 27.4 Å². The number of alkyl halides is 3. The summed E-state index contributed by atoms with van der Waals surface area (Å²) in [7, 11) is 1.30. The predicted molar refractivity (Wildman–Crippen MR) is 122 cm³/mol. The topological polar surface area (TPSA) is 93.9 Å². The van der Waals surface area contributed by atoms with E-state index in [-0.39, 0.29) is 23.7 Å². The number of nitrogens with one attached hydrogen (secondary N) is 1. The highest BCUT2D eigenvalue weighted by molar-refractivity contribution is 5.72. The molecule has 3 aromatic rings. The van der Waals surface area contributed by atoms with Crippen LogP contribution in [0.15, 0.2) is 30.6 Å². The molecule has 1 aromatic carbocycles. The van der Waals surface area contributed by atoms with Crippen molar-refractivity contribution in [2.75, 3.05) is 25.5 Å². The number of hydrogen-bond acceptors (Lipinski definition) is 7. The number of rotatable bonds is 4. The van der Waals surface area contributed by atoms with Crippen LogP contribution in [0.3, 0.4) is 0 Å². The largest absolute Gasteiger partial charge is 0.496 e. The summed E-state index contributed by atoms with van der Waals surface area (Å²) in [6, 6.07) is 3.11. The van der Waals surface area contributed by atoms with E-state index >= 15 is 0 Å². The molecule has 1 aliphatic heterocycles. The average molecular weight is 493 g/mol. The van der Waals surface area contributed by atoms with Crippen LogP contribution in [0.1, 0.15) is 39.2 Å². The summed E-state index contributed by atoms with van der Waals surface area (Å²) < 4.78 is 51.7. The lowest BCUT2D eigenvalue weighted by Gasteiger charge is -2.34. The highest BCUT2D eigenvalue weighted by atomic mass is 19.4. The molecule has 1 atom stereocenters. The molecular weight excluding hydrogens is 465 g/mol. The maximum atomic E-state index is 13.1. The van der Waals surface area contributed by atoms with Gasteiger partial charge in [0.15, 0.2) is 17.3 Å². The van der Waals surface area contributed by atoms with Crippen LogP contribution >= 0.6 is 0 Å². The minimum absolute atomic E-state index is 0.0186. The molecule has 1 aliphatic rings. The number of carbonyl (C=O) groups excluding carboxylic acids is 1. The number of ether oxygens (including phenoxy) is 2. The van der Waals surface area contributed by atoms with Crippen LogP contribution < -0.4 is 10.1 Å². The molecule has 35 heavy (non-hydrogen) atoms. The fraction of sp³-hybridized carbons (Fsp3) is 0.478. The molecule has 4 rings (SSSR count). The van der Waals surface area contributed by atoms with Crippen LogP contribution in [0.2, 0.25) is 0 Å². The molecule has 1 saturated heterocycles. The summed E-state index contributed by atoms with van der Waals surface area (Å²) in [4.78, 5) is 18.5. The molecule has 0 radical (unpaired) electrons. The first-order valence-corrected chi connectivity index (χ1v) is 11.2. The number of fused-ring (bicyclic) bond motifs is 1. The van der Waals surface area contributed by atoms with Gasteiger partial charge in [0, 0.05) is 31.5 Å². The number of hydrogen-bond donors (Lipinski definition) is 1. The second-order valence-electron chi connectivity index (χ2n) is 9.32. The molecule has 1 amide bonds. The van der Waals surface area contributed by atoms with Gasteiger partial charge in [-0.2, -0.15) is 13.2 Å². The first-order chi connectivity index (χ1) is 16.5. The number of nitrogens with zero attached hydrogens (tertiary/aromatic N) is 5. The number of halogens is 3. The van der Waals surface area contributed by atoms with E-state index in [0.29, 0.717) is 30.1 Å². The van der Waals surface area contributed by atoms with Crippen molar-refractivity contribution in [2.24, 2.45) is 0 Å². The SMILES string of the molecule is COc1cc(C(F)(F)F)ccc1-c1nnc(N[C@@H]2CCCN(C(=O)OC(C)(C)C)C2)c2nccn12. The standard InChI is InChI=1S/C23H27F3N6O3/c1-22(2,3)35-21(33)31-10-5-6-15(13-31)28-18-20-27-9-11-32(20)19(30-29-18)16-8-7-14(23(24,25)26)12-17(16)34-4/h7-9,11-12,15H,5-6,10,13H2,1-4H3,(H,28,29)/t15-/m1/s1. The zero-order valence-electron chi connectivity index (χ0n) is 19.9. The lowest BCUT2D eigenvalue weighted by atomic mass is 10.1. The number of likely N-dealkylation sites (tertiary alicyclic amines) is 1. The number of carbonyl (C=O) groups is 1. The summed E-state index contributed by atoms with van der Waals surface area (Å²) in [6.07, 6.45) is -0.0697. The number of aromatic nitrogens is 4. The van der Waals surface area contributed by atoms with Gasteiger partial charge in [-0.1, -0.05) is 0 Å². The van der Waals surface area contributed by atoms with Crippen LogP contribution in [-0.2, 0) is 10.9 Å². The molecule has 0 bridgehead atoms. The summed E-state index contributed by atoms with van der Waals surface area (Å²) >= 11 is 0. The molecule has 0 unspecified atom stereocenters. The number of amides is 1. The Kier molecular flexibility index (Phi) is 6.48. The third-order valence-corrected chi connectivity index (χ3v) is 5.51. The number of imidazole rings is 1. The maximum Gasteiger partial charge on any atom is 0.416 e. The van der Waals surface area contributed by atoms with Crippen molar-refractivity contribution in [1.82, 2.24) is 24.5 Å². The number of methoxy groups -OCH3 is 1. The Morgan fingerprint density at radius 2 is 1.97 bits per heavy atom. The monoisotopic (exact) mass is 492 g/mol. The zero-order valence-corrected chi connectivity index (χ0v) is 19.9. The number of piperidine rings is 1. The van der Waals surface area contributed by atoms with E-state index in [2.05, 4.69) is 20.5 Å². The van der Waals surface area contributed by atoms with Crippen LogP contribution in [0.5, 0.6) is 5.75 Å². The molecule has 12 heteroatoms. The summed E-state index contributed by atoms with van der Waals surface area (Å²) in [5, 5.41) is 11.8. The van der Waals surface area contributed by atoms with E-state index in [4.69, 9.17) is 9.47 Å². The van der Waals surface area contributed by atoms with Gasteiger partial charge in [-0.25, -0.2) is 9.78 Å². The Balaban J connectivity index is 1.59. The molecule has 9 nitrogen and oxygen atoms in total. The quantitative estimate of drug-likeness (QED) is 0.568. The fourth-order valence-electron chi connectivity index (χ4n) is 3.95. The Morgan fingerprint density at radius 3 is 2.66 bits per heavy atom. The molecule has 2 aromatic heterocycles. The summed E-state index contributed by atoms with van der Waals surface area (Å²) in [6.45, 7) is 6.50.